The van der Waals surface area contributed by atoms with E-state index in [0.717, 1.165) is 44.0 Å². The van der Waals surface area contributed by atoms with Gasteiger partial charge in [-0.05, 0) is 31.9 Å². The Morgan fingerprint density at radius 1 is 1.47 bits per heavy atom. The summed E-state index contributed by atoms with van der Waals surface area (Å²) in [5.41, 5.74) is 7.82. The predicted octanol–water partition coefficient (Wildman–Crippen LogP) is 2.67. The molecule has 2 rings (SSSR count). The Morgan fingerprint density at radius 3 is 3.11 bits per heavy atom. The lowest BCUT2D eigenvalue weighted by atomic mass is 10.2. The average molecular weight is 264 g/mol. The number of rotatable bonds is 4. The van der Waals surface area contributed by atoms with E-state index in [1.165, 1.54) is 0 Å². The second-order valence-corrected chi connectivity index (χ2v) is 5.05. The van der Waals surface area contributed by atoms with Crippen molar-refractivity contribution >= 4 is 11.4 Å². The molecular formula is C15H24N2O2. The van der Waals surface area contributed by atoms with E-state index in [4.69, 9.17) is 15.2 Å². The Kier molecular flexibility index (Phi) is 4.91. The summed E-state index contributed by atoms with van der Waals surface area (Å²) in [6.07, 6.45) is 2.30. The Bertz CT molecular complexity index is 409. The zero-order valence-corrected chi connectivity index (χ0v) is 11.9. The molecule has 2 N–H and O–H groups in total. The van der Waals surface area contributed by atoms with E-state index >= 15 is 0 Å². The molecule has 1 fully saturated rings. The highest BCUT2D eigenvalue weighted by atomic mass is 16.5. The molecule has 0 radical (unpaired) electrons. The maximum absolute atomic E-state index is 5.95. The van der Waals surface area contributed by atoms with Gasteiger partial charge in [0.05, 0.1) is 18.4 Å². The van der Waals surface area contributed by atoms with Gasteiger partial charge in [0.1, 0.15) is 5.75 Å². The number of ether oxygens (including phenoxy) is 2. The van der Waals surface area contributed by atoms with Gasteiger partial charge in [-0.2, -0.15) is 0 Å². The maximum atomic E-state index is 5.95. The van der Waals surface area contributed by atoms with Gasteiger partial charge in [0.2, 0.25) is 0 Å². The highest BCUT2D eigenvalue weighted by Crippen LogP contribution is 2.28. The zero-order chi connectivity index (χ0) is 13.7. The van der Waals surface area contributed by atoms with Crippen molar-refractivity contribution in [1.29, 1.82) is 0 Å². The number of hydrogen-bond acceptors (Lipinski definition) is 4. The molecule has 1 unspecified atom stereocenters. The first kappa shape index (κ1) is 14.0. The fourth-order valence-electron chi connectivity index (χ4n) is 2.29. The molecule has 0 bridgehead atoms. The lowest BCUT2D eigenvalue weighted by molar-refractivity contribution is 0.0821. The first-order valence-corrected chi connectivity index (χ1v) is 7.09. The number of nitrogen functional groups attached to an aromatic ring is 1. The number of nitrogens with zero attached hydrogens (tertiary/aromatic N) is 1. The van der Waals surface area contributed by atoms with Crippen molar-refractivity contribution in [1.82, 2.24) is 0 Å². The van der Waals surface area contributed by atoms with Crippen LogP contribution >= 0.6 is 0 Å². The summed E-state index contributed by atoms with van der Waals surface area (Å²) < 4.78 is 11.4. The molecule has 1 aromatic carbocycles. The summed E-state index contributed by atoms with van der Waals surface area (Å²) >= 11 is 0. The lowest BCUT2D eigenvalue weighted by Gasteiger charge is -2.25. The number of anilines is 2. The van der Waals surface area contributed by atoms with Crippen LogP contribution in [-0.4, -0.2) is 32.4 Å². The minimum Gasteiger partial charge on any atom is -0.491 e. The Hall–Kier alpha value is -1.42. The Labute approximate surface area is 115 Å². The van der Waals surface area contributed by atoms with E-state index in [0.29, 0.717) is 12.3 Å². The first-order chi connectivity index (χ1) is 9.20. The summed E-state index contributed by atoms with van der Waals surface area (Å²) in [5.74, 6) is 0.789. The molecule has 1 aliphatic rings. The SMILES string of the molecule is CCCOc1cc(N2CCCOC(C)C2)ccc1N. The minimum absolute atomic E-state index is 0.264. The van der Waals surface area contributed by atoms with Gasteiger partial charge in [-0.25, -0.2) is 0 Å². The van der Waals surface area contributed by atoms with Crippen LogP contribution in [0.5, 0.6) is 5.75 Å². The van der Waals surface area contributed by atoms with Crippen molar-refractivity contribution in [3.63, 3.8) is 0 Å². The van der Waals surface area contributed by atoms with Crippen LogP contribution in [0.1, 0.15) is 26.7 Å². The molecule has 1 aliphatic heterocycles. The molecule has 19 heavy (non-hydrogen) atoms. The summed E-state index contributed by atoms with van der Waals surface area (Å²) in [6, 6.07) is 6.03. The normalized spacial score (nSPS) is 20.1. The fourth-order valence-corrected chi connectivity index (χ4v) is 2.29. The highest BCUT2D eigenvalue weighted by molar-refractivity contribution is 5.62. The molecule has 0 aliphatic carbocycles. The molecule has 1 saturated heterocycles. The second-order valence-electron chi connectivity index (χ2n) is 5.05. The molecule has 1 atom stereocenters. The van der Waals surface area contributed by atoms with Crippen molar-refractivity contribution in [2.24, 2.45) is 0 Å². The topological polar surface area (TPSA) is 47.7 Å². The van der Waals surface area contributed by atoms with Gasteiger partial charge < -0.3 is 20.1 Å². The van der Waals surface area contributed by atoms with Crippen LogP contribution in [0, 0.1) is 0 Å². The molecule has 1 aromatic rings. The van der Waals surface area contributed by atoms with Gasteiger partial charge in [0, 0.05) is 31.5 Å². The molecule has 4 nitrogen and oxygen atoms in total. The minimum atomic E-state index is 0.264. The van der Waals surface area contributed by atoms with Crippen molar-refractivity contribution in [3.8, 4) is 5.75 Å². The van der Waals surface area contributed by atoms with Crippen LogP contribution in [0.15, 0.2) is 18.2 Å². The molecule has 0 spiro atoms. The fraction of sp³-hybridized carbons (Fsp3) is 0.600. The number of benzene rings is 1. The second kappa shape index (κ2) is 6.66. The summed E-state index contributed by atoms with van der Waals surface area (Å²) in [7, 11) is 0. The Balaban J connectivity index is 2.14. The van der Waals surface area contributed by atoms with Gasteiger partial charge in [-0.15, -0.1) is 0 Å². The van der Waals surface area contributed by atoms with Crippen LogP contribution in [0.4, 0.5) is 11.4 Å². The van der Waals surface area contributed by atoms with E-state index < -0.39 is 0 Å². The quantitative estimate of drug-likeness (QED) is 0.849. The summed E-state index contributed by atoms with van der Waals surface area (Å²) in [5, 5.41) is 0. The van der Waals surface area contributed by atoms with Crippen LogP contribution in [-0.2, 0) is 4.74 Å². The first-order valence-electron chi connectivity index (χ1n) is 7.09. The number of hydrogen-bond donors (Lipinski definition) is 1. The van der Waals surface area contributed by atoms with Crippen molar-refractivity contribution < 1.29 is 9.47 Å². The van der Waals surface area contributed by atoms with E-state index in [1.54, 1.807) is 0 Å². The van der Waals surface area contributed by atoms with Gasteiger partial charge in [-0.3, -0.25) is 0 Å². The standard InChI is InChI=1S/C15H24N2O2/c1-3-8-19-15-10-13(5-6-14(15)16)17-7-4-9-18-12(2)11-17/h5-6,10,12H,3-4,7-9,11,16H2,1-2H3. The van der Waals surface area contributed by atoms with Crippen LogP contribution in [0.25, 0.3) is 0 Å². The van der Waals surface area contributed by atoms with Crippen molar-refractivity contribution in [2.75, 3.05) is 36.9 Å². The van der Waals surface area contributed by atoms with Crippen LogP contribution < -0.4 is 15.4 Å². The smallest absolute Gasteiger partial charge is 0.144 e. The molecule has 1 heterocycles. The van der Waals surface area contributed by atoms with Crippen molar-refractivity contribution in [2.45, 2.75) is 32.8 Å². The molecule has 106 valence electrons. The van der Waals surface area contributed by atoms with Gasteiger partial charge in [0.25, 0.3) is 0 Å². The molecular weight excluding hydrogens is 240 g/mol. The monoisotopic (exact) mass is 264 g/mol. The third kappa shape index (κ3) is 3.77. The third-order valence-electron chi connectivity index (χ3n) is 3.28. The average Bonchev–Trinajstić information content (AvgIpc) is 2.62. The van der Waals surface area contributed by atoms with Gasteiger partial charge in [-0.1, -0.05) is 6.92 Å². The lowest BCUT2D eigenvalue weighted by Crippen LogP contribution is -2.30. The van der Waals surface area contributed by atoms with Gasteiger partial charge >= 0.3 is 0 Å². The Morgan fingerprint density at radius 2 is 2.32 bits per heavy atom. The number of nitrogens with two attached hydrogens (primary N) is 1. The van der Waals surface area contributed by atoms with Crippen molar-refractivity contribution in [3.05, 3.63) is 18.2 Å². The molecule has 0 aromatic heterocycles. The molecule has 0 saturated carbocycles. The van der Waals surface area contributed by atoms with Crippen LogP contribution in [0.3, 0.4) is 0 Å². The third-order valence-corrected chi connectivity index (χ3v) is 3.28. The van der Waals surface area contributed by atoms with E-state index in [2.05, 4.69) is 24.8 Å². The van der Waals surface area contributed by atoms with Gasteiger partial charge in [0.15, 0.2) is 0 Å². The predicted molar refractivity (Wildman–Crippen MR) is 78.9 cm³/mol. The largest absolute Gasteiger partial charge is 0.491 e. The maximum Gasteiger partial charge on any atom is 0.144 e. The molecule has 4 heteroatoms. The molecule has 0 amide bonds. The van der Waals surface area contributed by atoms with E-state index in [-0.39, 0.29) is 6.10 Å². The van der Waals surface area contributed by atoms with E-state index in [1.807, 2.05) is 12.1 Å². The summed E-state index contributed by atoms with van der Waals surface area (Å²) in [4.78, 5) is 2.34. The highest BCUT2D eigenvalue weighted by Gasteiger charge is 2.16. The van der Waals surface area contributed by atoms with E-state index in [9.17, 15) is 0 Å². The summed E-state index contributed by atoms with van der Waals surface area (Å²) in [6.45, 7) is 7.68. The zero-order valence-electron chi connectivity index (χ0n) is 11.9. The van der Waals surface area contributed by atoms with Crippen LogP contribution in [0.2, 0.25) is 0 Å².